The van der Waals surface area contributed by atoms with Crippen LogP contribution in [0.2, 0.25) is 0 Å². The summed E-state index contributed by atoms with van der Waals surface area (Å²) in [6.07, 6.45) is 1.32. The van der Waals surface area contributed by atoms with Gasteiger partial charge in [-0.05, 0) is 38.6 Å². The second-order valence-corrected chi connectivity index (χ2v) is 7.19. The van der Waals surface area contributed by atoms with Gasteiger partial charge < -0.3 is 9.80 Å². The maximum Gasteiger partial charge on any atom is 0.237 e. The maximum absolute atomic E-state index is 12.9. The van der Waals surface area contributed by atoms with E-state index in [9.17, 15) is 14.9 Å². The first-order valence-electron chi connectivity index (χ1n) is 8.23. The highest BCUT2D eigenvalue weighted by Crippen LogP contribution is 2.47. The van der Waals surface area contributed by atoms with Crippen molar-refractivity contribution in [1.29, 1.82) is 0 Å². The molecule has 6 nitrogen and oxygen atoms in total. The maximum atomic E-state index is 12.9. The van der Waals surface area contributed by atoms with Crippen molar-refractivity contribution in [3.63, 3.8) is 0 Å². The van der Waals surface area contributed by atoms with E-state index in [2.05, 4.69) is 24.9 Å². The Labute approximate surface area is 135 Å². The number of fused-ring (bicyclic) bond motifs is 3. The number of nitro groups is 1. The van der Waals surface area contributed by atoms with E-state index < -0.39 is 12.0 Å². The Kier molecular flexibility index (Phi) is 3.20. The minimum Gasteiger partial charge on any atom is -0.308 e. The van der Waals surface area contributed by atoms with Gasteiger partial charge in [-0.25, -0.2) is 0 Å². The Balaban J connectivity index is 1.69. The summed E-state index contributed by atoms with van der Waals surface area (Å²) in [5.74, 6) is -0.160. The largest absolute Gasteiger partial charge is 0.308 e. The number of nitrogens with zero attached hydrogens (tertiary/aromatic N) is 3. The van der Waals surface area contributed by atoms with Gasteiger partial charge in [0.15, 0.2) is 0 Å². The van der Waals surface area contributed by atoms with Gasteiger partial charge in [0, 0.05) is 35.5 Å². The Bertz CT molecular complexity index is 690. The van der Waals surface area contributed by atoms with E-state index in [1.165, 1.54) is 11.1 Å². The molecule has 0 N–H and O–H groups in total. The topological polar surface area (TPSA) is 66.7 Å². The predicted molar refractivity (Wildman–Crippen MR) is 86.2 cm³/mol. The first-order valence-corrected chi connectivity index (χ1v) is 8.23. The molecule has 0 spiro atoms. The summed E-state index contributed by atoms with van der Waals surface area (Å²) in [4.78, 5) is 27.7. The molecule has 1 saturated heterocycles. The van der Waals surface area contributed by atoms with Crippen LogP contribution in [-0.4, -0.2) is 48.0 Å². The lowest BCUT2D eigenvalue weighted by atomic mass is 9.89. The van der Waals surface area contributed by atoms with E-state index in [0.717, 1.165) is 25.2 Å². The Morgan fingerprint density at radius 1 is 1.39 bits per heavy atom. The van der Waals surface area contributed by atoms with Crippen LogP contribution in [0.5, 0.6) is 0 Å². The van der Waals surface area contributed by atoms with Crippen LogP contribution in [0.15, 0.2) is 18.2 Å². The van der Waals surface area contributed by atoms with Gasteiger partial charge in [0.1, 0.15) is 5.92 Å². The Morgan fingerprint density at radius 2 is 2.17 bits per heavy atom. The molecule has 6 heteroatoms. The number of hydrogen-bond donors (Lipinski definition) is 0. The molecule has 1 aromatic rings. The van der Waals surface area contributed by atoms with E-state index in [0.29, 0.717) is 12.3 Å². The second kappa shape index (κ2) is 5.03. The summed E-state index contributed by atoms with van der Waals surface area (Å²) in [5, 5.41) is 10.9. The van der Waals surface area contributed by atoms with Gasteiger partial charge in [0.2, 0.25) is 11.9 Å². The van der Waals surface area contributed by atoms with Crippen LogP contribution in [0.25, 0.3) is 0 Å². The van der Waals surface area contributed by atoms with Crippen LogP contribution >= 0.6 is 0 Å². The van der Waals surface area contributed by atoms with Gasteiger partial charge in [-0.2, -0.15) is 0 Å². The molecule has 1 amide bonds. The molecule has 0 bridgehead atoms. The number of carbonyl (C=O) groups is 1. The summed E-state index contributed by atoms with van der Waals surface area (Å²) in [6.45, 7) is 3.96. The van der Waals surface area contributed by atoms with Crippen molar-refractivity contribution in [2.45, 2.75) is 37.8 Å². The molecule has 1 saturated carbocycles. The Morgan fingerprint density at radius 3 is 2.87 bits per heavy atom. The van der Waals surface area contributed by atoms with E-state index in [1.54, 1.807) is 0 Å². The number of anilines is 1. The molecule has 2 heterocycles. The monoisotopic (exact) mass is 315 g/mol. The number of likely N-dealkylation sites (tertiary alicyclic amines) is 1. The number of piperidine rings is 1. The molecular weight excluding hydrogens is 294 g/mol. The van der Waals surface area contributed by atoms with Gasteiger partial charge in [0.25, 0.3) is 0 Å². The quantitative estimate of drug-likeness (QED) is 0.616. The highest BCUT2D eigenvalue weighted by Gasteiger charge is 2.57. The summed E-state index contributed by atoms with van der Waals surface area (Å²) in [5.41, 5.74) is 3.40. The number of benzene rings is 1. The lowest BCUT2D eigenvalue weighted by molar-refractivity contribution is -0.497. The van der Waals surface area contributed by atoms with Crippen LogP contribution in [0, 0.1) is 23.0 Å². The van der Waals surface area contributed by atoms with Crippen LogP contribution in [0.1, 0.15) is 29.9 Å². The molecule has 2 fully saturated rings. The number of likely N-dealkylation sites (N-methyl/N-ethyl adjacent to an activating group) is 1. The SMILES string of the molecule is Cc1ccc2c(c1)[C@@H]1CN(C)CC[C@@H]1N2C(=O)[C@@H]1C[C@H]1[N+](=O)[O-]. The number of carbonyl (C=O) groups excluding carboxylic acids is 1. The molecule has 0 aromatic heterocycles. The highest BCUT2D eigenvalue weighted by molar-refractivity contribution is 6.00. The zero-order valence-electron chi connectivity index (χ0n) is 13.4. The average Bonchev–Trinajstić information content (AvgIpc) is 3.25. The van der Waals surface area contributed by atoms with Crippen molar-refractivity contribution in [1.82, 2.24) is 4.90 Å². The molecule has 4 atom stereocenters. The molecule has 1 aliphatic carbocycles. The lowest BCUT2D eigenvalue weighted by Gasteiger charge is -2.36. The standard InChI is InChI=1S/C17H21N3O3/c1-10-3-4-14-11(7-10)13-9-18(2)6-5-15(13)19(14)17(21)12-8-16(12)20(22)23/h3-4,7,12-13,15-16H,5-6,8-9H2,1-2H3/t12-,13+,15+,16-/m1/s1. The molecule has 3 aliphatic rings. The lowest BCUT2D eigenvalue weighted by Crippen LogP contribution is -2.48. The Hall–Kier alpha value is -1.95. The van der Waals surface area contributed by atoms with Crippen LogP contribution in [-0.2, 0) is 4.79 Å². The molecular formula is C17H21N3O3. The second-order valence-electron chi connectivity index (χ2n) is 7.19. The average molecular weight is 315 g/mol. The summed E-state index contributed by atoms with van der Waals surface area (Å²) >= 11 is 0. The van der Waals surface area contributed by atoms with Gasteiger partial charge in [0.05, 0.1) is 0 Å². The van der Waals surface area contributed by atoms with Crippen molar-refractivity contribution in [2.75, 3.05) is 25.0 Å². The van der Waals surface area contributed by atoms with Crippen LogP contribution < -0.4 is 4.90 Å². The predicted octanol–water partition coefficient (Wildman–Crippen LogP) is 1.79. The molecule has 2 aliphatic heterocycles. The minimum atomic E-state index is -0.679. The third kappa shape index (κ3) is 2.24. The zero-order valence-corrected chi connectivity index (χ0v) is 13.4. The smallest absolute Gasteiger partial charge is 0.237 e. The third-order valence-corrected chi connectivity index (χ3v) is 5.54. The van der Waals surface area contributed by atoms with Crippen molar-refractivity contribution in [3.8, 4) is 0 Å². The van der Waals surface area contributed by atoms with Gasteiger partial charge >= 0.3 is 0 Å². The summed E-state index contributed by atoms with van der Waals surface area (Å²) < 4.78 is 0. The number of aryl methyl sites for hydroxylation is 1. The normalized spacial score (nSPS) is 32.3. The molecule has 1 aromatic carbocycles. The fraction of sp³-hybridized carbons (Fsp3) is 0.588. The fourth-order valence-corrected chi connectivity index (χ4v) is 4.23. The van der Waals surface area contributed by atoms with Gasteiger partial charge in [-0.15, -0.1) is 0 Å². The number of hydrogen-bond acceptors (Lipinski definition) is 4. The first kappa shape index (κ1) is 14.6. The van der Waals surface area contributed by atoms with Crippen LogP contribution in [0.3, 0.4) is 0 Å². The molecule has 0 radical (unpaired) electrons. The fourth-order valence-electron chi connectivity index (χ4n) is 4.23. The zero-order chi connectivity index (χ0) is 16.3. The summed E-state index contributed by atoms with van der Waals surface area (Å²) in [7, 11) is 2.11. The highest BCUT2D eigenvalue weighted by atomic mass is 16.6. The minimum absolute atomic E-state index is 0.0474. The van der Waals surface area contributed by atoms with E-state index in [4.69, 9.17) is 0 Å². The van der Waals surface area contributed by atoms with Crippen LogP contribution in [0.4, 0.5) is 5.69 Å². The summed E-state index contributed by atoms with van der Waals surface area (Å²) in [6, 6.07) is 5.70. The molecule has 122 valence electrons. The van der Waals surface area contributed by atoms with Crippen molar-refractivity contribution in [2.24, 2.45) is 5.92 Å². The first-order chi connectivity index (χ1) is 11.0. The molecule has 23 heavy (non-hydrogen) atoms. The van der Waals surface area contributed by atoms with E-state index in [1.807, 2.05) is 17.0 Å². The van der Waals surface area contributed by atoms with Crippen molar-refractivity contribution in [3.05, 3.63) is 39.4 Å². The van der Waals surface area contributed by atoms with E-state index in [-0.39, 0.29) is 16.9 Å². The van der Waals surface area contributed by atoms with Gasteiger partial charge in [-0.3, -0.25) is 14.9 Å². The van der Waals surface area contributed by atoms with E-state index >= 15 is 0 Å². The van der Waals surface area contributed by atoms with Gasteiger partial charge in [-0.1, -0.05) is 17.7 Å². The van der Waals surface area contributed by atoms with Crippen molar-refractivity contribution >= 4 is 11.6 Å². The third-order valence-electron chi connectivity index (χ3n) is 5.54. The number of rotatable bonds is 2. The molecule has 4 rings (SSSR count). The number of amides is 1. The molecule has 0 unspecified atom stereocenters. The van der Waals surface area contributed by atoms with Crippen molar-refractivity contribution < 1.29 is 9.72 Å².